The summed E-state index contributed by atoms with van der Waals surface area (Å²) in [7, 11) is 1.88. The summed E-state index contributed by atoms with van der Waals surface area (Å²) in [5.74, 6) is 0.852. The molecule has 0 aliphatic carbocycles. The third-order valence-electron chi connectivity index (χ3n) is 2.76. The second-order valence-electron chi connectivity index (χ2n) is 4.55. The van der Waals surface area contributed by atoms with Crippen molar-refractivity contribution in [2.24, 2.45) is 7.05 Å². The molecule has 2 rings (SSSR count). The van der Waals surface area contributed by atoms with Crippen molar-refractivity contribution in [2.45, 2.75) is 18.6 Å². The van der Waals surface area contributed by atoms with Crippen LogP contribution in [0.4, 0.5) is 5.82 Å². The van der Waals surface area contributed by atoms with E-state index in [0.29, 0.717) is 0 Å². The zero-order valence-electron chi connectivity index (χ0n) is 10.6. The number of anilines is 1. The summed E-state index contributed by atoms with van der Waals surface area (Å²) in [4.78, 5) is 8.48. The van der Waals surface area contributed by atoms with Gasteiger partial charge in [-0.1, -0.05) is 0 Å². The predicted octanol–water partition coefficient (Wildman–Crippen LogP) is 1.92. The summed E-state index contributed by atoms with van der Waals surface area (Å²) in [6.45, 7) is 5.26. The Hall–Kier alpha value is -1.30. The van der Waals surface area contributed by atoms with E-state index in [9.17, 15) is 0 Å². The molecule has 0 saturated carbocycles. The molecule has 0 fully saturated rings. The molecule has 6 heteroatoms. The monoisotopic (exact) mass is 251 g/mol. The van der Waals surface area contributed by atoms with Crippen molar-refractivity contribution in [1.82, 2.24) is 19.7 Å². The molecule has 92 valence electrons. The minimum Gasteiger partial charge on any atom is -0.368 e. The fraction of sp³-hybridized carbons (Fsp3) is 0.545. The molecule has 2 aromatic heterocycles. The number of nitrogens with zero attached hydrogens (tertiary/aromatic N) is 4. The van der Waals surface area contributed by atoms with E-state index in [1.165, 1.54) is 0 Å². The maximum Gasteiger partial charge on any atom is 0.163 e. The van der Waals surface area contributed by atoms with E-state index < -0.39 is 0 Å². The Kier molecular flexibility index (Phi) is 3.24. The SMILES string of the molecule is CSC(C)(C)CNc1ncnc2c1cnn2C. The first kappa shape index (κ1) is 12.2. The van der Waals surface area contributed by atoms with Crippen LogP contribution in [-0.4, -0.2) is 37.3 Å². The molecule has 0 amide bonds. The van der Waals surface area contributed by atoms with E-state index in [1.54, 1.807) is 17.2 Å². The first-order valence-electron chi connectivity index (χ1n) is 5.45. The molecule has 0 saturated heterocycles. The maximum atomic E-state index is 4.27. The van der Waals surface area contributed by atoms with Crippen LogP contribution in [-0.2, 0) is 7.05 Å². The average molecular weight is 251 g/mol. The van der Waals surface area contributed by atoms with Crippen molar-refractivity contribution < 1.29 is 0 Å². The van der Waals surface area contributed by atoms with Gasteiger partial charge in [0.05, 0.1) is 11.6 Å². The van der Waals surface area contributed by atoms with Crippen LogP contribution >= 0.6 is 11.8 Å². The minimum absolute atomic E-state index is 0.180. The standard InChI is InChI=1S/C11H17N5S/c1-11(2,17-4)6-12-9-8-5-15-16(3)10(8)14-7-13-9/h5,7H,6H2,1-4H3,(H,12,13,14). The van der Waals surface area contributed by atoms with Crippen LogP contribution in [0.25, 0.3) is 11.0 Å². The summed E-state index contributed by atoms with van der Waals surface area (Å²) in [5.41, 5.74) is 0.851. The highest BCUT2D eigenvalue weighted by atomic mass is 32.2. The lowest BCUT2D eigenvalue weighted by Crippen LogP contribution is -2.26. The Morgan fingerprint density at radius 3 is 2.88 bits per heavy atom. The van der Waals surface area contributed by atoms with Gasteiger partial charge in [0, 0.05) is 18.3 Å². The van der Waals surface area contributed by atoms with E-state index in [2.05, 4.69) is 40.5 Å². The van der Waals surface area contributed by atoms with Gasteiger partial charge in [-0.25, -0.2) is 9.97 Å². The third-order valence-corrected chi connectivity index (χ3v) is 4.01. The quantitative estimate of drug-likeness (QED) is 0.899. The minimum atomic E-state index is 0.180. The van der Waals surface area contributed by atoms with Crippen LogP contribution in [0, 0.1) is 0 Å². The van der Waals surface area contributed by atoms with E-state index in [1.807, 2.05) is 18.8 Å². The zero-order valence-corrected chi connectivity index (χ0v) is 11.4. The lowest BCUT2D eigenvalue weighted by atomic mass is 10.2. The normalized spacial score (nSPS) is 12.0. The van der Waals surface area contributed by atoms with Gasteiger partial charge in [-0.2, -0.15) is 16.9 Å². The lowest BCUT2D eigenvalue weighted by Gasteiger charge is -2.22. The number of aryl methyl sites for hydroxylation is 1. The van der Waals surface area contributed by atoms with Gasteiger partial charge in [-0.05, 0) is 20.1 Å². The summed E-state index contributed by atoms with van der Waals surface area (Å²) in [5, 5.41) is 8.52. The Labute approximate surface area is 105 Å². The molecule has 0 aliphatic heterocycles. The highest BCUT2D eigenvalue weighted by molar-refractivity contribution is 7.99. The number of fused-ring (bicyclic) bond motifs is 1. The number of rotatable bonds is 4. The summed E-state index contributed by atoms with van der Waals surface area (Å²) in [6.07, 6.45) is 5.48. The second kappa shape index (κ2) is 4.52. The third kappa shape index (κ3) is 2.52. The number of hydrogen-bond acceptors (Lipinski definition) is 5. The predicted molar refractivity (Wildman–Crippen MR) is 72.4 cm³/mol. The van der Waals surface area contributed by atoms with Gasteiger partial charge < -0.3 is 5.32 Å². The van der Waals surface area contributed by atoms with Crippen molar-refractivity contribution >= 4 is 28.6 Å². The van der Waals surface area contributed by atoms with Crippen LogP contribution in [0.2, 0.25) is 0 Å². The smallest absolute Gasteiger partial charge is 0.163 e. The average Bonchev–Trinajstić information content (AvgIpc) is 2.70. The number of hydrogen-bond donors (Lipinski definition) is 1. The van der Waals surface area contributed by atoms with Crippen LogP contribution in [0.3, 0.4) is 0 Å². The molecule has 0 spiro atoms. The first-order valence-corrected chi connectivity index (χ1v) is 6.68. The van der Waals surface area contributed by atoms with Gasteiger partial charge in [0.25, 0.3) is 0 Å². The highest BCUT2D eigenvalue weighted by Crippen LogP contribution is 2.23. The molecule has 5 nitrogen and oxygen atoms in total. The lowest BCUT2D eigenvalue weighted by molar-refractivity contribution is 0.750. The van der Waals surface area contributed by atoms with Gasteiger partial charge >= 0.3 is 0 Å². The Morgan fingerprint density at radius 2 is 2.18 bits per heavy atom. The van der Waals surface area contributed by atoms with Crippen LogP contribution in [0.1, 0.15) is 13.8 Å². The Bertz CT molecular complexity index is 520. The highest BCUT2D eigenvalue weighted by Gasteiger charge is 2.16. The van der Waals surface area contributed by atoms with Gasteiger partial charge in [0.15, 0.2) is 5.65 Å². The Morgan fingerprint density at radius 1 is 1.41 bits per heavy atom. The fourth-order valence-corrected chi connectivity index (χ4v) is 1.69. The molecule has 0 atom stereocenters. The summed E-state index contributed by atoms with van der Waals surface area (Å²) >= 11 is 1.83. The van der Waals surface area contributed by atoms with Gasteiger partial charge in [-0.15, -0.1) is 0 Å². The first-order chi connectivity index (χ1) is 8.03. The molecular formula is C11H17N5S. The fourth-order valence-electron chi connectivity index (χ4n) is 1.47. The van der Waals surface area contributed by atoms with Crippen molar-refractivity contribution in [3.63, 3.8) is 0 Å². The summed E-state index contributed by atoms with van der Waals surface area (Å²) < 4.78 is 1.93. The molecule has 0 bridgehead atoms. The molecule has 0 radical (unpaired) electrons. The molecule has 0 aliphatic rings. The van der Waals surface area contributed by atoms with Crippen LogP contribution in [0.5, 0.6) is 0 Å². The molecule has 0 aromatic carbocycles. The van der Waals surface area contributed by atoms with E-state index in [4.69, 9.17) is 0 Å². The molecule has 2 aromatic rings. The van der Waals surface area contributed by atoms with E-state index >= 15 is 0 Å². The van der Waals surface area contributed by atoms with Crippen molar-refractivity contribution in [2.75, 3.05) is 18.1 Å². The van der Waals surface area contributed by atoms with E-state index in [-0.39, 0.29) is 4.75 Å². The van der Waals surface area contributed by atoms with Crippen LogP contribution in [0.15, 0.2) is 12.5 Å². The molecule has 2 heterocycles. The van der Waals surface area contributed by atoms with Gasteiger partial charge in [0.1, 0.15) is 12.1 Å². The topological polar surface area (TPSA) is 55.6 Å². The number of aromatic nitrogens is 4. The molecule has 1 N–H and O–H groups in total. The van der Waals surface area contributed by atoms with Crippen molar-refractivity contribution in [1.29, 1.82) is 0 Å². The van der Waals surface area contributed by atoms with Crippen LogP contribution < -0.4 is 5.32 Å². The summed E-state index contributed by atoms with van der Waals surface area (Å²) in [6, 6.07) is 0. The maximum absolute atomic E-state index is 4.27. The second-order valence-corrected chi connectivity index (χ2v) is 6.06. The molecular weight excluding hydrogens is 234 g/mol. The largest absolute Gasteiger partial charge is 0.368 e. The Balaban J connectivity index is 2.25. The van der Waals surface area contributed by atoms with Gasteiger partial charge in [0.2, 0.25) is 0 Å². The van der Waals surface area contributed by atoms with Crippen molar-refractivity contribution in [3.05, 3.63) is 12.5 Å². The van der Waals surface area contributed by atoms with E-state index in [0.717, 1.165) is 23.4 Å². The number of thioether (sulfide) groups is 1. The van der Waals surface area contributed by atoms with Crippen molar-refractivity contribution in [3.8, 4) is 0 Å². The zero-order chi connectivity index (χ0) is 12.5. The van der Waals surface area contributed by atoms with Gasteiger partial charge in [-0.3, -0.25) is 4.68 Å². The number of nitrogens with one attached hydrogen (secondary N) is 1. The molecule has 0 unspecified atom stereocenters. The molecule has 17 heavy (non-hydrogen) atoms.